The third-order valence-corrected chi connectivity index (χ3v) is 17.6. The lowest BCUT2D eigenvalue weighted by atomic mass is 9.48. The van der Waals surface area contributed by atoms with Crippen LogP contribution in [-0.4, -0.2) is 113 Å². The Morgan fingerprint density at radius 3 is 2.38 bits per heavy atom. The highest BCUT2D eigenvalue weighted by atomic mass is 32.2. The summed E-state index contributed by atoms with van der Waals surface area (Å²) in [5.41, 5.74) is 3.50. The van der Waals surface area contributed by atoms with Gasteiger partial charge in [-0.2, -0.15) is 5.10 Å². The summed E-state index contributed by atoms with van der Waals surface area (Å²) in [6.07, 6.45) is 7.76. The average molecular weight is 1020 g/mol. The quantitative estimate of drug-likeness (QED) is 0.0875. The molecule has 2 N–H and O–H groups in total. The Balaban J connectivity index is 0.934. The van der Waals surface area contributed by atoms with Crippen LogP contribution in [0.3, 0.4) is 0 Å². The summed E-state index contributed by atoms with van der Waals surface area (Å²) in [6, 6.07) is 19.1. The molecule has 1 amide bonds. The highest BCUT2D eigenvalue weighted by Crippen LogP contribution is 2.63. The van der Waals surface area contributed by atoms with Gasteiger partial charge < -0.3 is 19.7 Å². The number of aryl methyl sites for hydroxylation is 1. The van der Waals surface area contributed by atoms with Gasteiger partial charge in [-0.15, -0.1) is 10.2 Å². The molecule has 3 atom stereocenters. The molecule has 4 aliphatic rings. The van der Waals surface area contributed by atoms with Crippen molar-refractivity contribution in [2.24, 2.45) is 22.2 Å². The van der Waals surface area contributed by atoms with Crippen LogP contribution in [0.2, 0.25) is 0 Å². The zero-order chi connectivity index (χ0) is 50.6. The fourth-order valence-electron chi connectivity index (χ4n) is 12.8. The van der Waals surface area contributed by atoms with E-state index in [4.69, 9.17) is 14.6 Å². The van der Waals surface area contributed by atoms with Crippen LogP contribution in [0.15, 0.2) is 77.8 Å². The Morgan fingerprint density at radius 2 is 1.64 bits per heavy atom. The Kier molecular flexibility index (Phi) is 13.4. The smallest absolute Gasteiger partial charge is 0.284 e. The van der Waals surface area contributed by atoms with Gasteiger partial charge in [0.1, 0.15) is 17.1 Å². The number of carbonyl (C=O) groups is 2. The van der Waals surface area contributed by atoms with Crippen LogP contribution in [0.1, 0.15) is 111 Å². The van der Waals surface area contributed by atoms with Crippen molar-refractivity contribution in [1.82, 2.24) is 39.6 Å². The van der Waals surface area contributed by atoms with Crippen molar-refractivity contribution in [3.63, 3.8) is 0 Å². The van der Waals surface area contributed by atoms with Gasteiger partial charge in [-0.05, 0) is 135 Å². The number of amides is 1. The van der Waals surface area contributed by atoms with Crippen molar-refractivity contribution in [1.29, 1.82) is 0 Å². The average Bonchev–Trinajstić information content (AvgIpc) is 3.89. The Morgan fingerprint density at radius 1 is 0.875 bits per heavy atom. The standard InChI is InChI=1S/C54H66N10O6S2/c1-8-37-27-63(28-37)38-13-15-39(16-14-38)72(67,68)61-49(66)46-40(17-18-43(56-46)47(65)44-25-35(2)48(60-59-44)58-50-57-42-11-9-10-12-45(42)71-50)41-26-55-64(36(41)3)34-53(7)31-52(6)29-51(4,5)30-54(32-52,33-53)70-24-21-62-19-22-69-23-20-62/h9-18,25-26,37H,8,19-24,27-34H2,1-7H3,(H,61,66)(H,57,58,60). The van der Waals surface area contributed by atoms with E-state index in [1.807, 2.05) is 35.9 Å². The largest absolute Gasteiger partial charge is 0.379 e. The van der Waals surface area contributed by atoms with Crippen LogP contribution < -0.4 is 14.9 Å². The van der Waals surface area contributed by atoms with Crippen LogP contribution in [0.25, 0.3) is 21.3 Å². The molecule has 2 saturated carbocycles. The first-order chi connectivity index (χ1) is 34.3. The summed E-state index contributed by atoms with van der Waals surface area (Å²) in [5.74, 6) is -0.525. The predicted octanol–water partition coefficient (Wildman–Crippen LogP) is 9.01. The van der Waals surface area contributed by atoms with Crippen molar-refractivity contribution >= 4 is 59.9 Å². The van der Waals surface area contributed by atoms with Crippen LogP contribution in [0.5, 0.6) is 0 Å². The molecule has 18 heteroatoms. The molecule has 3 unspecified atom stereocenters. The highest BCUT2D eigenvalue weighted by molar-refractivity contribution is 7.90. The molecular formula is C54H66N10O6S2. The van der Waals surface area contributed by atoms with Crippen molar-refractivity contribution in [2.45, 2.75) is 104 Å². The van der Waals surface area contributed by atoms with Crippen LogP contribution in [0, 0.1) is 36.0 Å². The molecule has 0 spiro atoms. The Labute approximate surface area is 426 Å². The number of nitrogens with zero attached hydrogens (tertiary/aromatic N) is 8. The molecule has 4 fully saturated rings. The molecule has 2 bridgehead atoms. The van der Waals surface area contributed by atoms with Crippen molar-refractivity contribution < 1.29 is 27.5 Å². The van der Waals surface area contributed by atoms with E-state index in [1.165, 1.54) is 29.5 Å². The van der Waals surface area contributed by atoms with Gasteiger partial charge in [-0.25, -0.2) is 23.1 Å². The highest BCUT2D eigenvalue weighted by Gasteiger charge is 2.58. The maximum Gasteiger partial charge on any atom is 0.284 e. The summed E-state index contributed by atoms with van der Waals surface area (Å²) in [5, 5.41) is 17.4. The van der Waals surface area contributed by atoms with Gasteiger partial charge in [0.15, 0.2) is 10.9 Å². The number of sulfonamides is 1. The van der Waals surface area contributed by atoms with Crippen LogP contribution in [-0.2, 0) is 26.0 Å². The maximum atomic E-state index is 14.5. The number of pyridine rings is 1. The summed E-state index contributed by atoms with van der Waals surface area (Å²) in [7, 11) is -4.37. The van der Waals surface area contributed by atoms with Gasteiger partial charge in [0.2, 0.25) is 5.78 Å². The third kappa shape index (κ3) is 10.4. The number of anilines is 3. The number of benzene rings is 2. The first-order valence-corrected chi connectivity index (χ1v) is 27.5. The zero-order valence-corrected chi connectivity index (χ0v) is 44.1. The number of nitrogens with one attached hydrogen (secondary N) is 2. The van der Waals surface area contributed by atoms with E-state index in [-0.39, 0.29) is 43.8 Å². The van der Waals surface area contributed by atoms with E-state index in [0.29, 0.717) is 46.7 Å². The van der Waals surface area contributed by atoms with Gasteiger partial charge in [-0.1, -0.05) is 58.1 Å². The van der Waals surface area contributed by atoms with E-state index in [1.54, 1.807) is 37.4 Å². The molecule has 6 heterocycles. The van der Waals surface area contributed by atoms with E-state index >= 15 is 0 Å². The third-order valence-electron chi connectivity index (χ3n) is 15.3. The number of ketones is 1. The Bertz CT molecular complexity index is 3090. The molecular weight excluding hydrogens is 949 g/mol. The SMILES string of the molecule is CCC1CN(c2ccc(S(=O)(=O)NC(=O)c3nc(C(=O)c4cc(C)c(Nc5nc6ccccc6s5)nn4)ccc3-c3cnn(CC4(C)CC5(C)CC(C)(C)CC(OCCN6CCOCC6)(C4)C5)c3C)cc2)C1. The molecule has 6 aromatic rings. The summed E-state index contributed by atoms with van der Waals surface area (Å²) < 4.78 is 45.9. The van der Waals surface area contributed by atoms with Crippen molar-refractivity contribution in [3.8, 4) is 11.1 Å². The molecule has 380 valence electrons. The summed E-state index contributed by atoms with van der Waals surface area (Å²) >= 11 is 1.48. The molecule has 0 radical (unpaired) electrons. The number of morpholine rings is 1. The van der Waals surface area contributed by atoms with Gasteiger partial charge in [-0.3, -0.25) is 19.2 Å². The first kappa shape index (κ1) is 49.9. The zero-order valence-electron chi connectivity index (χ0n) is 42.5. The van der Waals surface area contributed by atoms with E-state index < -0.39 is 21.7 Å². The maximum absolute atomic E-state index is 14.5. The second-order valence-corrected chi connectivity index (χ2v) is 25.1. The van der Waals surface area contributed by atoms with E-state index in [0.717, 1.165) is 106 Å². The fourth-order valence-corrected chi connectivity index (χ4v) is 14.6. The summed E-state index contributed by atoms with van der Waals surface area (Å²) in [6.45, 7) is 22.8. The van der Waals surface area contributed by atoms with Gasteiger partial charge in [0, 0.05) is 61.8 Å². The molecule has 2 aliphatic heterocycles. The van der Waals surface area contributed by atoms with Gasteiger partial charge in [0.05, 0.1) is 46.7 Å². The number of rotatable bonds is 16. The number of ether oxygens (including phenoxy) is 2. The Hall–Kier alpha value is -5.66. The number of para-hydroxylation sites is 1. The lowest BCUT2D eigenvalue weighted by Gasteiger charge is -2.61. The van der Waals surface area contributed by atoms with Crippen LogP contribution in [0.4, 0.5) is 16.6 Å². The molecule has 16 nitrogen and oxygen atoms in total. The molecule has 2 aromatic carbocycles. The number of hydrogen-bond donors (Lipinski definition) is 2. The number of aromatic nitrogens is 6. The monoisotopic (exact) mass is 1010 g/mol. The molecule has 2 saturated heterocycles. The second kappa shape index (κ2) is 19.3. The number of thiazole rings is 1. The van der Waals surface area contributed by atoms with E-state index in [2.05, 4.69) is 74.6 Å². The normalized spacial score (nSPS) is 23.5. The fraction of sp³-hybridized carbons (Fsp3) is 0.500. The predicted molar refractivity (Wildman–Crippen MR) is 279 cm³/mol. The number of hydrogen-bond acceptors (Lipinski definition) is 15. The van der Waals surface area contributed by atoms with Gasteiger partial charge >= 0.3 is 0 Å². The first-order valence-electron chi connectivity index (χ1n) is 25.2. The minimum atomic E-state index is -4.37. The lowest BCUT2D eigenvalue weighted by Crippen LogP contribution is -2.57. The van der Waals surface area contributed by atoms with Gasteiger partial charge in [0.25, 0.3) is 15.9 Å². The number of carbonyl (C=O) groups excluding carboxylic acids is 2. The molecule has 4 aromatic heterocycles. The minimum Gasteiger partial charge on any atom is -0.379 e. The van der Waals surface area contributed by atoms with Crippen molar-refractivity contribution in [3.05, 3.63) is 101 Å². The van der Waals surface area contributed by atoms with E-state index in [9.17, 15) is 18.0 Å². The minimum absolute atomic E-state index is 0.00329. The lowest BCUT2D eigenvalue weighted by molar-refractivity contribution is -0.195. The molecule has 10 rings (SSSR count). The number of fused-ring (bicyclic) bond motifs is 3. The summed E-state index contributed by atoms with van der Waals surface area (Å²) in [4.78, 5) is 42.6. The molecule has 2 aliphatic carbocycles. The van der Waals surface area contributed by atoms with Crippen molar-refractivity contribution in [2.75, 3.05) is 62.8 Å². The topological polar surface area (TPSA) is 187 Å². The molecule has 72 heavy (non-hydrogen) atoms. The van der Waals surface area contributed by atoms with Crippen LogP contribution >= 0.6 is 11.3 Å². The second-order valence-electron chi connectivity index (χ2n) is 22.4.